The molecule has 0 saturated heterocycles. The highest BCUT2D eigenvalue weighted by Gasteiger charge is 2.12. The molecule has 0 aliphatic carbocycles. The number of carboxylic acids is 1. The lowest BCUT2D eigenvalue weighted by molar-refractivity contribution is -0.115. The van der Waals surface area contributed by atoms with Gasteiger partial charge in [-0.1, -0.05) is 30.3 Å². The molecule has 6 nitrogen and oxygen atoms in total. The van der Waals surface area contributed by atoms with Crippen LogP contribution in [0.1, 0.15) is 21.6 Å². The van der Waals surface area contributed by atoms with Gasteiger partial charge in [0.25, 0.3) is 0 Å². The van der Waals surface area contributed by atoms with Gasteiger partial charge in [0.1, 0.15) is 12.4 Å². The van der Waals surface area contributed by atoms with Crippen LogP contribution in [0.2, 0.25) is 0 Å². The molecule has 2 N–H and O–H groups in total. The Hall–Kier alpha value is -3.67. The maximum atomic E-state index is 12.3. The van der Waals surface area contributed by atoms with Gasteiger partial charge in [0.15, 0.2) is 0 Å². The van der Waals surface area contributed by atoms with E-state index >= 15 is 0 Å². The number of rotatable bonds is 7. The van der Waals surface area contributed by atoms with Gasteiger partial charge in [0.2, 0.25) is 5.91 Å². The highest BCUT2D eigenvalue weighted by atomic mass is 16.5. The van der Waals surface area contributed by atoms with E-state index in [9.17, 15) is 14.7 Å². The molecule has 0 unspecified atom stereocenters. The summed E-state index contributed by atoms with van der Waals surface area (Å²) < 4.78 is 5.69. The lowest BCUT2D eigenvalue weighted by Gasteiger charge is -2.10. The number of hydrogen-bond donors (Lipinski definition) is 2. The lowest BCUT2D eigenvalue weighted by atomic mass is 10.0. The van der Waals surface area contributed by atoms with Gasteiger partial charge in [-0.3, -0.25) is 9.78 Å². The van der Waals surface area contributed by atoms with Gasteiger partial charge >= 0.3 is 5.97 Å². The molecule has 0 atom stereocenters. The first-order valence-corrected chi connectivity index (χ1v) is 8.35. The number of aromatic carboxylic acids is 1. The van der Waals surface area contributed by atoms with Crippen LogP contribution in [0.25, 0.3) is 0 Å². The summed E-state index contributed by atoms with van der Waals surface area (Å²) in [7, 11) is 0. The minimum Gasteiger partial charge on any atom is -0.487 e. The van der Waals surface area contributed by atoms with Gasteiger partial charge in [0.05, 0.1) is 17.7 Å². The largest absolute Gasteiger partial charge is 0.487 e. The van der Waals surface area contributed by atoms with Gasteiger partial charge in [-0.05, 0) is 35.9 Å². The number of ether oxygens (including phenoxy) is 1. The summed E-state index contributed by atoms with van der Waals surface area (Å²) in [6.45, 7) is 0.324. The van der Waals surface area contributed by atoms with Crippen LogP contribution in [0.5, 0.6) is 5.75 Å². The lowest BCUT2D eigenvalue weighted by Crippen LogP contribution is -2.16. The Morgan fingerprint density at radius 2 is 1.81 bits per heavy atom. The van der Waals surface area contributed by atoms with Crippen LogP contribution in [-0.4, -0.2) is 22.0 Å². The highest BCUT2D eigenvalue weighted by molar-refractivity contribution is 5.96. The quantitative estimate of drug-likeness (QED) is 0.671. The van der Waals surface area contributed by atoms with E-state index in [0.29, 0.717) is 23.6 Å². The van der Waals surface area contributed by atoms with E-state index < -0.39 is 5.97 Å². The third kappa shape index (κ3) is 5.15. The summed E-state index contributed by atoms with van der Waals surface area (Å²) in [5.41, 5.74) is 1.97. The van der Waals surface area contributed by atoms with Crippen LogP contribution in [0, 0.1) is 0 Å². The Morgan fingerprint density at radius 1 is 1.00 bits per heavy atom. The maximum absolute atomic E-state index is 12.3. The fourth-order valence-electron chi connectivity index (χ4n) is 2.57. The zero-order valence-corrected chi connectivity index (χ0v) is 14.5. The second-order valence-electron chi connectivity index (χ2n) is 5.82. The van der Waals surface area contributed by atoms with E-state index in [1.165, 1.54) is 6.07 Å². The molecule has 0 aliphatic heterocycles. The molecule has 1 heterocycles. The summed E-state index contributed by atoms with van der Waals surface area (Å²) in [4.78, 5) is 27.7. The summed E-state index contributed by atoms with van der Waals surface area (Å²) in [6, 6.07) is 19.1. The molecule has 3 aromatic rings. The first-order chi connectivity index (χ1) is 13.1. The van der Waals surface area contributed by atoms with E-state index in [0.717, 1.165) is 5.69 Å². The minimum absolute atomic E-state index is 0.0263. The number of anilines is 1. The van der Waals surface area contributed by atoms with Crippen LogP contribution in [0.4, 0.5) is 5.69 Å². The fraction of sp³-hybridized carbons (Fsp3) is 0.0952. The molecule has 0 fully saturated rings. The number of nitrogens with zero attached hydrogens (tertiary/aromatic N) is 1. The number of benzene rings is 2. The predicted octanol–water partition coefficient (Wildman–Crippen LogP) is 3.54. The van der Waals surface area contributed by atoms with Crippen LogP contribution in [0.15, 0.2) is 72.9 Å². The molecule has 136 valence electrons. The van der Waals surface area contributed by atoms with E-state index in [2.05, 4.69) is 10.3 Å². The molecule has 3 rings (SSSR count). The van der Waals surface area contributed by atoms with Crippen molar-refractivity contribution in [3.8, 4) is 5.75 Å². The van der Waals surface area contributed by atoms with Crippen molar-refractivity contribution in [1.29, 1.82) is 0 Å². The van der Waals surface area contributed by atoms with Gasteiger partial charge in [-0.25, -0.2) is 4.79 Å². The minimum atomic E-state index is -1.05. The number of carboxylic acid groups (broad SMARTS) is 1. The maximum Gasteiger partial charge on any atom is 0.335 e. The zero-order valence-electron chi connectivity index (χ0n) is 14.5. The Balaban J connectivity index is 1.62. The van der Waals surface area contributed by atoms with Crippen molar-refractivity contribution in [2.75, 3.05) is 5.32 Å². The molecule has 0 aliphatic rings. The molecule has 1 aromatic heterocycles. The van der Waals surface area contributed by atoms with E-state index in [1.807, 2.05) is 18.2 Å². The summed E-state index contributed by atoms with van der Waals surface area (Å²) >= 11 is 0. The normalized spacial score (nSPS) is 10.2. The highest BCUT2D eigenvalue weighted by Crippen LogP contribution is 2.19. The molecule has 1 amide bonds. The van der Waals surface area contributed by atoms with Crippen LogP contribution in [0.3, 0.4) is 0 Å². The summed E-state index contributed by atoms with van der Waals surface area (Å²) in [6.07, 6.45) is 1.67. The topological polar surface area (TPSA) is 88.5 Å². The smallest absolute Gasteiger partial charge is 0.335 e. The third-order valence-electron chi connectivity index (χ3n) is 3.83. The molecule has 27 heavy (non-hydrogen) atoms. The first-order valence-electron chi connectivity index (χ1n) is 8.35. The Kier molecular flexibility index (Phi) is 5.79. The van der Waals surface area contributed by atoms with Crippen molar-refractivity contribution in [2.24, 2.45) is 0 Å². The Bertz CT molecular complexity index is 942. The van der Waals surface area contributed by atoms with Crippen molar-refractivity contribution in [3.05, 3.63) is 89.7 Å². The van der Waals surface area contributed by atoms with E-state index in [4.69, 9.17) is 4.74 Å². The number of carbonyl (C=O) groups is 2. The van der Waals surface area contributed by atoms with Crippen LogP contribution >= 0.6 is 0 Å². The summed E-state index contributed by atoms with van der Waals surface area (Å²) in [5.74, 6) is -0.752. The number of pyridine rings is 1. The van der Waals surface area contributed by atoms with Crippen molar-refractivity contribution >= 4 is 17.6 Å². The Morgan fingerprint density at radius 3 is 2.59 bits per heavy atom. The fourth-order valence-corrected chi connectivity index (χ4v) is 2.57. The molecule has 0 radical (unpaired) electrons. The standard InChI is InChI=1S/C21H18N2O4/c24-20(12-15-6-1-2-10-19(15)21(25)26)23-16-8-5-9-18(13-16)27-14-17-7-3-4-11-22-17/h1-11,13H,12,14H2,(H,23,24)(H,25,26). The monoisotopic (exact) mass is 362 g/mol. The third-order valence-corrected chi connectivity index (χ3v) is 3.83. The number of aromatic nitrogens is 1. The van der Waals surface area contributed by atoms with E-state index in [1.54, 1.807) is 48.7 Å². The molecule has 2 aromatic carbocycles. The number of amides is 1. The van der Waals surface area contributed by atoms with Crippen LogP contribution in [-0.2, 0) is 17.8 Å². The summed E-state index contributed by atoms with van der Waals surface area (Å²) in [5, 5.41) is 12.0. The van der Waals surface area contributed by atoms with Crippen molar-refractivity contribution in [2.45, 2.75) is 13.0 Å². The predicted molar refractivity (Wildman–Crippen MR) is 101 cm³/mol. The van der Waals surface area contributed by atoms with Gasteiger partial charge in [-0.2, -0.15) is 0 Å². The molecule has 0 saturated carbocycles. The van der Waals surface area contributed by atoms with Crippen molar-refractivity contribution in [1.82, 2.24) is 4.98 Å². The molecular formula is C21H18N2O4. The van der Waals surface area contributed by atoms with Crippen molar-refractivity contribution < 1.29 is 19.4 Å². The second-order valence-corrected chi connectivity index (χ2v) is 5.82. The van der Waals surface area contributed by atoms with Crippen LogP contribution < -0.4 is 10.1 Å². The zero-order chi connectivity index (χ0) is 19.1. The number of hydrogen-bond acceptors (Lipinski definition) is 4. The second kappa shape index (κ2) is 8.62. The average molecular weight is 362 g/mol. The average Bonchev–Trinajstić information content (AvgIpc) is 2.67. The molecule has 6 heteroatoms. The van der Waals surface area contributed by atoms with Gasteiger partial charge in [0, 0.05) is 18.0 Å². The molecular weight excluding hydrogens is 344 g/mol. The Labute approximate surface area is 156 Å². The first kappa shape index (κ1) is 18.1. The molecule has 0 bridgehead atoms. The molecule has 0 spiro atoms. The number of carbonyl (C=O) groups excluding carboxylic acids is 1. The van der Waals surface area contributed by atoms with Gasteiger partial charge in [-0.15, -0.1) is 0 Å². The van der Waals surface area contributed by atoms with E-state index in [-0.39, 0.29) is 17.9 Å². The number of nitrogens with one attached hydrogen (secondary N) is 1. The van der Waals surface area contributed by atoms with Gasteiger partial charge < -0.3 is 15.2 Å². The SMILES string of the molecule is O=C(Cc1ccccc1C(=O)O)Nc1cccc(OCc2ccccn2)c1. The van der Waals surface area contributed by atoms with Crippen molar-refractivity contribution in [3.63, 3.8) is 0 Å².